The van der Waals surface area contributed by atoms with Crippen LogP contribution in [0.1, 0.15) is 26.2 Å². The fraction of sp³-hybridized carbons (Fsp3) is 0.917. The van der Waals surface area contributed by atoms with Crippen molar-refractivity contribution in [3.8, 4) is 0 Å². The first-order valence-electron chi connectivity index (χ1n) is 6.14. The third-order valence-corrected chi connectivity index (χ3v) is 3.20. The van der Waals surface area contributed by atoms with E-state index in [1.165, 1.54) is 6.42 Å². The highest BCUT2D eigenvalue weighted by atomic mass is 16.5. The Morgan fingerprint density at radius 3 is 3.00 bits per heavy atom. The largest absolute Gasteiger partial charge is 0.384 e. The van der Waals surface area contributed by atoms with Crippen LogP contribution in [0.3, 0.4) is 0 Å². The second kappa shape index (κ2) is 6.86. The Labute approximate surface area is 98.1 Å². The molecule has 4 nitrogen and oxygen atoms in total. The van der Waals surface area contributed by atoms with Gasteiger partial charge in [-0.1, -0.05) is 6.92 Å². The summed E-state index contributed by atoms with van der Waals surface area (Å²) in [7, 11) is 1.72. The predicted octanol–water partition coefficient (Wildman–Crippen LogP) is 0.856. The van der Waals surface area contributed by atoms with Crippen LogP contribution in [0.2, 0.25) is 0 Å². The summed E-state index contributed by atoms with van der Waals surface area (Å²) in [6.45, 7) is 5.12. The monoisotopic (exact) mass is 228 g/mol. The molecule has 1 rings (SSSR count). The highest BCUT2D eigenvalue weighted by molar-refractivity contribution is 5.76. The number of nitrogens with two attached hydrogens (primary N) is 1. The summed E-state index contributed by atoms with van der Waals surface area (Å²) in [6, 6.07) is 0. The zero-order valence-corrected chi connectivity index (χ0v) is 10.4. The van der Waals surface area contributed by atoms with Crippen molar-refractivity contribution in [1.82, 2.24) is 4.90 Å². The number of likely N-dealkylation sites (tertiary alicyclic amines) is 1. The maximum absolute atomic E-state index is 11.9. The highest BCUT2D eigenvalue weighted by Crippen LogP contribution is 2.18. The van der Waals surface area contributed by atoms with Gasteiger partial charge in [0.05, 0.1) is 6.61 Å². The molecule has 2 atom stereocenters. The van der Waals surface area contributed by atoms with Gasteiger partial charge in [0.1, 0.15) is 0 Å². The maximum atomic E-state index is 11.9. The van der Waals surface area contributed by atoms with Crippen LogP contribution < -0.4 is 5.73 Å². The van der Waals surface area contributed by atoms with Gasteiger partial charge in [-0.3, -0.25) is 4.79 Å². The molecular formula is C12H24N2O2. The normalized spacial score (nSPS) is 23.2. The number of ether oxygens (including phenoxy) is 1. The van der Waals surface area contributed by atoms with Crippen LogP contribution in [0, 0.1) is 11.8 Å². The first-order valence-corrected chi connectivity index (χ1v) is 6.14. The molecule has 1 heterocycles. The van der Waals surface area contributed by atoms with E-state index in [0.29, 0.717) is 18.9 Å². The van der Waals surface area contributed by atoms with Crippen LogP contribution in [-0.4, -0.2) is 44.2 Å². The number of carbonyl (C=O) groups is 1. The van der Waals surface area contributed by atoms with Crippen molar-refractivity contribution in [2.45, 2.75) is 26.2 Å². The standard InChI is InChI=1S/C12H24N2O2/c1-10(7-13)6-12(15)14-5-3-4-11(8-14)9-16-2/h10-11H,3-9,13H2,1-2H3. The Morgan fingerprint density at radius 1 is 1.62 bits per heavy atom. The second-order valence-corrected chi connectivity index (χ2v) is 4.85. The fourth-order valence-corrected chi connectivity index (χ4v) is 2.17. The van der Waals surface area contributed by atoms with E-state index >= 15 is 0 Å². The Kier molecular flexibility index (Phi) is 5.77. The van der Waals surface area contributed by atoms with Crippen LogP contribution >= 0.6 is 0 Å². The highest BCUT2D eigenvalue weighted by Gasteiger charge is 2.24. The van der Waals surface area contributed by atoms with Gasteiger partial charge in [0.2, 0.25) is 5.91 Å². The molecule has 1 amide bonds. The van der Waals surface area contributed by atoms with E-state index in [2.05, 4.69) is 0 Å². The van der Waals surface area contributed by atoms with Crippen LogP contribution in [0.15, 0.2) is 0 Å². The first-order chi connectivity index (χ1) is 7.67. The molecule has 0 aromatic rings. The van der Waals surface area contributed by atoms with E-state index < -0.39 is 0 Å². The van der Waals surface area contributed by atoms with Crippen LogP contribution in [0.4, 0.5) is 0 Å². The average Bonchev–Trinajstić information content (AvgIpc) is 2.29. The van der Waals surface area contributed by atoms with E-state index in [1.807, 2.05) is 11.8 Å². The minimum Gasteiger partial charge on any atom is -0.384 e. The lowest BCUT2D eigenvalue weighted by Crippen LogP contribution is -2.42. The molecule has 4 heteroatoms. The quantitative estimate of drug-likeness (QED) is 0.759. The van der Waals surface area contributed by atoms with Gasteiger partial charge in [-0.15, -0.1) is 0 Å². The summed E-state index contributed by atoms with van der Waals surface area (Å²) in [4.78, 5) is 13.9. The van der Waals surface area contributed by atoms with E-state index in [9.17, 15) is 4.79 Å². The van der Waals surface area contributed by atoms with Crippen molar-refractivity contribution in [1.29, 1.82) is 0 Å². The van der Waals surface area contributed by atoms with Crippen molar-refractivity contribution in [3.63, 3.8) is 0 Å². The molecule has 0 saturated carbocycles. The summed E-state index contributed by atoms with van der Waals surface area (Å²) < 4.78 is 5.15. The summed E-state index contributed by atoms with van der Waals surface area (Å²) in [5.41, 5.74) is 5.53. The van der Waals surface area contributed by atoms with E-state index in [4.69, 9.17) is 10.5 Å². The molecular weight excluding hydrogens is 204 g/mol. The Hall–Kier alpha value is -0.610. The molecule has 1 aliphatic heterocycles. The molecule has 1 aliphatic rings. The second-order valence-electron chi connectivity index (χ2n) is 4.85. The number of rotatable bonds is 5. The van der Waals surface area contributed by atoms with Gasteiger partial charge in [-0.2, -0.15) is 0 Å². The van der Waals surface area contributed by atoms with Crippen LogP contribution in [0.5, 0.6) is 0 Å². The molecule has 0 aromatic carbocycles. The van der Waals surface area contributed by atoms with E-state index in [-0.39, 0.29) is 11.8 Å². The summed E-state index contributed by atoms with van der Waals surface area (Å²) in [5, 5.41) is 0. The van der Waals surface area contributed by atoms with Crippen LogP contribution in [0.25, 0.3) is 0 Å². The third-order valence-electron chi connectivity index (χ3n) is 3.20. The molecule has 2 N–H and O–H groups in total. The summed E-state index contributed by atoms with van der Waals surface area (Å²) in [5.74, 6) is 1.05. The van der Waals surface area contributed by atoms with Gasteiger partial charge in [0.15, 0.2) is 0 Å². The van der Waals surface area contributed by atoms with E-state index in [0.717, 1.165) is 26.1 Å². The minimum atomic E-state index is 0.249. The Bertz CT molecular complexity index is 219. The lowest BCUT2D eigenvalue weighted by molar-refractivity contribution is -0.134. The number of nitrogens with zero attached hydrogens (tertiary/aromatic N) is 1. The number of hydrogen-bond acceptors (Lipinski definition) is 3. The van der Waals surface area contributed by atoms with Crippen molar-refractivity contribution in [2.24, 2.45) is 17.6 Å². The van der Waals surface area contributed by atoms with Crippen molar-refractivity contribution >= 4 is 5.91 Å². The molecule has 0 bridgehead atoms. The fourth-order valence-electron chi connectivity index (χ4n) is 2.17. The molecule has 94 valence electrons. The first kappa shape index (κ1) is 13.5. The number of methoxy groups -OCH3 is 1. The van der Waals surface area contributed by atoms with Gasteiger partial charge in [0, 0.05) is 26.6 Å². The van der Waals surface area contributed by atoms with Gasteiger partial charge in [-0.05, 0) is 31.2 Å². The lowest BCUT2D eigenvalue weighted by atomic mass is 9.98. The zero-order valence-electron chi connectivity index (χ0n) is 10.4. The zero-order chi connectivity index (χ0) is 12.0. The van der Waals surface area contributed by atoms with Gasteiger partial charge in [-0.25, -0.2) is 0 Å². The predicted molar refractivity (Wildman–Crippen MR) is 64.0 cm³/mol. The smallest absolute Gasteiger partial charge is 0.222 e. The number of amides is 1. The topological polar surface area (TPSA) is 55.6 Å². The van der Waals surface area contributed by atoms with E-state index in [1.54, 1.807) is 7.11 Å². The van der Waals surface area contributed by atoms with Crippen LogP contribution in [-0.2, 0) is 9.53 Å². The molecule has 0 spiro atoms. The molecule has 16 heavy (non-hydrogen) atoms. The number of hydrogen-bond donors (Lipinski definition) is 1. The Morgan fingerprint density at radius 2 is 2.38 bits per heavy atom. The van der Waals surface area contributed by atoms with Gasteiger partial charge >= 0.3 is 0 Å². The third kappa shape index (κ3) is 4.10. The summed E-state index contributed by atoms with van der Waals surface area (Å²) >= 11 is 0. The molecule has 1 saturated heterocycles. The lowest BCUT2D eigenvalue weighted by Gasteiger charge is -2.33. The van der Waals surface area contributed by atoms with Crippen molar-refractivity contribution < 1.29 is 9.53 Å². The van der Waals surface area contributed by atoms with Crippen molar-refractivity contribution in [2.75, 3.05) is 33.4 Å². The molecule has 1 fully saturated rings. The molecule has 2 unspecified atom stereocenters. The Balaban J connectivity index is 2.37. The molecule has 0 aromatic heterocycles. The number of piperidine rings is 1. The summed E-state index contributed by atoms with van der Waals surface area (Å²) in [6.07, 6.45) is 2.84. The van der Waals surface area contributed by atoms with Gasteiger partial charge in [0.25, 0.3) is 0 Å². The minimum absolute atomic E-state index is 0.249. The maximum Gasteiger partial charge on any atom is 0.222 e. The molecule has 0 radical (unpaired) electrons. The molecule has 0 aliphatic carbocycles. The average molecular weight is 228 g/mol. The number of carbonyl (C=O) groups excluding carboxylic acids is 1. The SMILES string of the molecule is COCC1CCCN(C(=O)CC(C)CN)C1. The van der Waals surface area contributed by atoms with Gasteiger partial charge < -0.3 is 15.4 Å². The van der Waals surface area contributed by atoms with Crippen molar-refractivity contribution in [3.05, 3.63) is 0 Å².